The van der Waals surface area contributed by atoms with E-state index in [0.717, 1.165) is 18.4 Å². The number of hydrogen-bond acceptors (Lipinski definition) is 3. The lowest BCUT2D eigenvalue weighted by molar-refractivity contribution is 0.0264. The summed E-state index contributed by atoms with van der Waals surface area (Å²) < 4.78 is 5.15. The fourth-order valence-corrected chi connectivity index (χ4v) is 2.38. The van der Waals surface area contributed by atoms with Crippen molar-refractivity contribution in [1.29, 1.82) is 0 Å². The molecule has 2 fully saturated rings. The molecule has 1 aliphatic heterocycles. The second kappa shape index (κ2) is 4.40. The molecule has 98 valence electrons. The number of nitrogens with one attached hydrogen (secondary N) is 2. The Morgan fingerprint density at radius 2 is 2.44 bits per heavy atom. The van der Waals surface area contributed by atoms with E-state index in [9.17, 15) is 9.90 Å². The number of carbonyl (C=O) groups excluding carboxylic acids is 1. The fourth-order valence-electron chi connectivity index (χ4n) is 2.38. The number of carbonyl (C=O) groups is 1. The highest BCUT2D eigenvalue weighted by Gasteiger charge is 2.34. The van der Waals surface area contributed by atoms with Crippen molar-refractivity contribution in [2.24, 2.45) is 0 Å². The van der Waals surface area contributed by atoms with Crippen molar-refractivity contribution in [3.63, 3.8) is 0 Å². The zero-order valence-corrected chi connectivity index (χ0v) is 10.2. The molecule has 5 heteroatoms. The molecule has 18 heavy (non-hydrogen) atoms. The van der Waals surface area contributed by atoms with E-state index in [1.165, 1.54) is 0 Å². The van der Waals surface area contributed by atoms with Crippen molar-refractivity contribution < 1.29 is 14.6 Å². The summed E-state index contributed by atoms with van der Waals surface area (Å²) in [7, 11) is 0. The predicted molar refractivity (Wildman–Crippen MR) is 65.5 cm³/mol. The van der Waals surface area contributed by atoms with Crippen LogP contribution in [0.2, 0.25) is 0 Å². The maximum absolute atomic E-state index is 12.1. The van der Waals surface area contributed by atoms with E-state index in [0.29, 0.717) is 31.2 Å². The summed E-state index contributed by atoms with van der Waals surface area (Å²) in [6.07, 6.45) is 4.70. The van der Waals surface area contributed by atoms with Crippen molar-refractivity contribution in [1.82, 2.24) is 10.3 Å². The molecule has 1 saturated heterocycles. The van der Waals surface area contributed by atoms with Gasteiger partial charge in [0, 0.05) is 25.8 Å². The highest BCUT2D eigenvalue weighted by molar-refractivity contribution is 5.94. The molecule has 1 aromatic heterocycles. The van der Waals surface area contributed by atoms with Crippen LogP contribution in [0.1, 0.15) is 41.2 Å². The second-order valence-corrected chi connectivity index (χ2v) is 5.29. The second-order valence-electron chi connectivity index (χ2n) is 5.29. The van der Waals surface area contributed by atoms with Gasteiger partial charge in [-0.15, -0.1) is 0 Å². The predicted octanol–water partition coefficient (Wildman–Crippen LogP) is 0.773. The number of amides is 1. The molecule has 5 nitrogen and oxygen atoms in total. The van der Waals surface area contributed by atoms with Crippen LogP contribution < -0.4 is 5.32 Å². The molecule has 0 spiro atoms. The summed E-state index contributed by atoms with van der Waals surface area (Å²) >= 11 is 0. The van der Waals surface area contributed by atoms with Crippen LogP contribution in [-0.4, -0.2) is 41.4 Å². The summed E-state index contributed by atoms with van der Waals surface area (Å²) in [4.78, 5) is 15.1. The normalized spacial score (nSPS) is 27.4. The first-order valence-corrected chi connectivity index (χ1v) is 6.44. The SMILES string of the molecule is O=C(NCC1(O)CCOC1)c1[nH]ccc1C1CC1. The Bertz CT molecular complexity index is 445. The van der Waals surface area contributed by atoms with Gasteiger partial charge in [-0.25, -0.2) is 0 Å². The average Bonchev–Trinajstić information content (AvgIpc) is 2.92. The monoisotopic (exact) mass is 250 g/mol. The van der Waals surface area contributed by atoms with E-state index >= 15 is 0 Å². The van der Waals surface area contributed by atoms with Gasteiger partial charge in [-0.3, -0.25) is 4.79 Å². The van der Waals surface area contributed by atoms with Crippen LogP contribution in [0.15, 0.2) is 12.3 Å². The minimum absolute atomic E-state index is 0.137. The van der Waals surface area contributed by atoms with Gasteiger partial charge < -0.3 is 20.1 Å². The van der Waals surface area contributed by atoms with Gasteiger partial charge in [-0.2, -0.15) is 0 Å². The van der Waals surface area contributed by atoms with E-state index in [4.69, 9.17) is 4.74 Å². The van der Waals surface area contributed by atoms with Gasteiger partial charge in [0.05, 0.1) is 6.61 Å². The molecule has 1 saturated carbocycles. The molecule has 1 atom stereocenters. The Morgan fingerprint density at radius 1 is 1.61 bits per heavy atom. The van der Waals surface area contributed by atoms with Crippen LogP contribution in [0.4, 0.5) is 0 Å². The summed E-state index contributed by atoms with van der Waals surface area (Å²) in [5.41, 5.74) is 0.837. The van der Waals surface area contributed by atoms with Gasteiger partial charge in [0.1, 0.15) is 11.3 Å². The van der Waals surface area contributed by atoms with Gasteiger partial charge in [0.25, 0.3) is 5.91 Å². The summed E-state index contributed by atoms with van der Waals surface area (Å²) in [5, 5.41) is 12.9. The van der Waals surface area contributed by atoms with Gasteiger partial charge >= 0.3 is 0 Å². The lowest BCUT2D eigenvalue weighted by Crippen LogP contribution is -2.43. The Hall–Kier alpha value is -1.33. The van der Waals surface area contributed by atoms with Crippen LogP contribution in [0, 0.1) is 0 Å². The van der Waals surface area contributed by atoms with Crippen LogP contribution in [0.3, 0.4) is 0 Å². The van der Waals surface area contributed by atoms with Gasteiger partial charge in [0.15, 0.2) is 0 Å². The summed E-state index contributed by atoms with van der Waals surface area (Å²) in [6.45, 7) is 1.10. The molecule has 1 aromatic rings. The van der Waals surface area contributed by atoms with Gasteiger partial charge in [-0.05, 0) is 30.4 Å². The van der Waals surface area contributed by atoms with E-state index in [-0.39, 0.29) is 12.5 Å². The molecule has 0 radical (unpaired) electrons. The Kier molecular flexibility index (Phi) is 2.87. The smallest absolute Gasteiger partial charge is 0.268 e. The number of H-pyrrole nitrogens is 1. The van der Waals surface area contributed by atoms with E-state index < -0.39 is 5.60 Å². The van der Waals surface area contributed by atoms with Gasteiger partial charge in [-0.1, -0.05) is 0 Å². The zero-order chi connectivity index (χ0) is 12.6. The number of ether oxygens (including phenoxy) is 1. The third kappa shape index (κ3) is 2.28. The largest absolute Gasteiger partial charge is 0.386 e. The molecule has 1 unspecified atom stereocenters. The summed E-state index contributed by atoms with van der Waals surface area (Å²) in [5.74, 6) is 0.400. The van der Waals surface area contributed by atoms with Crippen molar-refractivity contribution in [2.45, 2.75) is 30.8 Å². The molecule has 2 heterocycles. The Morgan fingerprint density at radius 3 is 3.11 bits per heavy atom. The van der Waals surface area contributed by atoms with Crippen molar-refractivity contribution >= 4 is 5.91 Å². The maximum Gasteiger partial charge on any atom is 0.268 e. The number of aromatic amines is 1. The van der Waals surface area contributed by atoms with Crippen molar-refractivity contribution in [3.8, 4) is 0 Å². The van der Waals surface area contributed by atoms with Crippen molar-refractivity contribution in [2.75, 3.05) is 19.8 Å². The third-order valence-corrected chi connectivity index (χ3v) is 3.68. The lowest BCUT2D eigenvalue weighted by Gasteiger charge is -2.20. The number of aliphatic hydroxyl groups is 1. The van der Waals surface area contributed by atoms with E-state index in [2.05, 4.69) is 10.3 Å². The molecule has 1 aliphatic carbocycles. The van der Waals surface area contributed by atoms with E-state index in [1.54, 1.807) is 6.20 Å². The first kappa shape index (κ1) is 11.7. The first-order chi connectivity index (χ1) is 8.68. The number of rotatable bonds is 4. The lowest BCUT2D eigenvalue weighted by atomic mass is 10.0. The average molecular weight is 250 g/mol. The molecule has 3 rings (SSSR count). The van der Waals surface area contributed by atoms with Crippen LogP contribution in [0.5, 0.6) is 0 Å². The molecule has 0 aromatic carbocycles. The van der Waals surface area contributed by atoms with Crippen molar-refractivity contribution in [3.05, 3.63) is 23.5 Å². The molecular formula is C13H18N2O3. The van der Waals surface area contributed by atoms with Crippen LogP contribution in [0.25, 0.3) is 0 Å². The number of aromatic nitrogens is 1. The van der Waals surface area contributed by atoms with Crippen LogP contribution in [-0.2, 0) is 4.74 Å². The van der Waals surface area contributed by atoms with Gasteiger partial charge in [0.2, 0.25) is 0 Å². The highest BCUT2D eigenvalue weighted by Crippen LogP contribution is 2.41. The standard InChI is InChI=1S/C13H18N2O3/c16-12(15-7-13(17)4-6-18-8-13)11-10(3-5-14-11)9-1-2-9/h3,5,9,14,17H,1-2,4,6-8H2,(H,15,16). The molecule has 3 N–H and O–H groups in total. The minimum atomic E-state index is -0.901. The Labute approximate surface area is 106 Å². The van der Waals surface area contributed by atoms with E-state index in [1.807, 2.05) is 6.07 Å². The molecule has 2 aliphatic rings. The fraction of sp³-hybridized carbons (Fsp3) is 0.615. The minimum Gasteiger partial charge on any atom is -0.386 e. The third-order valence-electron chi connectivity index (χ3n) is 3.68. The van der Waals surface area contributed by atoms with Crippen LogP contribution >= 0.6 is 0 Å². The maximum atomic E-state index is 12.1. The topological polar surface area (TPSA) is 74.3 Å². The molecular weight excluding hydrogens is 232 g/mol. The number of hydrogen-bond donors (Lipinski definition) is 3. The first-order valence-electron chi connectivity index (χ1n) is 6.44. The Balaban J connectivity index is 1.62. The molecule has 1 amide bonds. The highest BCUT2D eigenvalue weighted by atomic mass is 16.5. The molecule has 0 bridgehead atoms. The quantitative estimate of drug-likeness (QED) is 0.739. The summed E-state index contributed by atoms with van der Waals surface area (Å²) in [6, 6.07) is 1.97. The zero-order valence-electron chi connectivity index (χ0n) is 10.2.